The average Bonchev–Trinajstić information content (AvgIpc) is 2.83. The van der Waals surface area contributed by atoms with Gasteiger partial charge < -0.3 is 10.1 Å². The number of nitrogens with zero attached hydrogens (tertiary/aromatic N) is 1. The first-order valence-electron chi connectivity index (χ1n) is 10.8. The second-order valence-electron chi connectivity index (χ2n) is 7.77. The third-order valence-corrected chi connectivity index (χ3v) is 5.91. The van der Waals surface area contributed by atoms with Crippen LogP contribution in [-0.4, -0.2) is 23.5 Å². The number of amides is 1. The molecule has 0 aliphatic rings. The van der Waals surface area contributed by atoms with E-state index in [0.29, 0.717) is 55.8 Å². The SMILES string of the molecule is CCCOC(=O)c1ccc(NC(=O)c2c(C)c(-c3ccc(Cl)cc3Cl)nc3ccccc23)cc1. The summed E-state index contributed by atoms with van der Waals surface area (Å²) in [6.07, 6.45) is 0.752. The van der Waals surface area contributed by atoms with Crippen molar-refractivity contribution in [3.8, 4) is 11.3 Å². The second kappa shape index (κ2) is 10.2. The summed E-state index contributed by atoms with van der Waals surface area (Å²) in [6, 6.07) is 19.3. The van der Waals surface area contributed by atoms with Crippen molar-refractivity contribution in [2.45, 2.75) is 20.3 Å². The molecule has 1 heterocycles. The fraction of sp³-hybridized carbons (Fsp3) is 0.148. The summed E-state index contributed by atoms with van der Waals surface area (Å²) >= 11 is 12.5. The van der Waals surface area contributed by atoms with Gasteiger partial charge in [-0.2, -0.15) is 0 Å². The van der Waals surface area contributed by atoms with Gasteiger partial charge in [0.2, 0.25) is 0 Å². The number of pyridine rings is 1. The highest BCUT2D eigenvalue weighted by Gasteiger charge is 2.20. The van der Waals surface area contributed by atoms with Gasteiger partial charge in [0, 0.05) is 21.7 Å². The highest BCUT2D eigenvalue weighted by Crippen LogP contribution is 2.35. The van der Waals surface area contributed by atoms with E-state index in [0.717, 1.165) is 11.8 Å². The minimum Gasteiger partial charge on any atom is -0.462 e. The van der Waals surface area contributed by atoms with Crippen molar-refractivity contribution < 1.29 is 14.3 Å². The Morgan fingerprint density at radius 3 is 2.44 bits per heavy atom. The molecule has 3 aromatic carbocycles. The molecule has 34 heavy (non-hydrogen) atoms. The third kappa shape index (κ3) is 4.91. The number of hydrogen-bond donors (Lipinski definition) is 1. The van der Waals surface area contributed by atoms with Crippen molar-refractivity contribution >= 4 is 51.7 Å². The summed E-state index contributed by atoms with van der Waals surface area (Å²) < 4.78 is 5.15. The maximum atomic E-state index is 13.4. The highest BCUT2D eigenvalue weighted by molar-refractivity contribution is 6.36. The lowest BCUT2D eigenvalue weighted by Gasteiger charge is -2.16. The zero-order valence-corrected chi connectivity index (χ0v) is 20.2. The van der Waals surface area contributed by atoms with E-state index in [1.165, 1.54) is 0 Å². The van der Waals surface area contributed by atoms with E-state index in [9.17, 15) is 9.59 Å². The Labute approximate surface area is 207 Å². The van der Waals surface area contributed by atoms with Gasteiger partial charge in [-0.15, -0.1) is 0 Å². The Morgan fingerprint density at radius 2 is 1.74 bits per heavy atom. The van der Waals surface area contributed by atoms with E-state index < -0.39 is 0 Å². The van der Waals surface area contributed by atoms with E-state index in [1.54, 1.807) is 42.5 Å². The van der Waals surface area contributed by atoms with E-state index in [-0.39, 0.29) is 11.9 Å². The minimum atomic E-state index is -0.389. The monoisotopic (exact) mass is 492 g/mol. The molecule has 5 nitrogen and oxygen atoms in total. The van der Waals surface area contributed by atoms with Crippen LogP contribution in [-0.2, 0) is 4.74 Å². The number of benzene rings is 3. The molecule has 0 saturated carbocycles. The fourth-order valence-electron chi connectivity index (χ4n) is 3.70. The Bertz CT molecular complexity index is 1390. The lowest BCUT2D eigenvalue weighted by atomic mass is 9.97. The van der Waals surface area contributed by atoms with Crippen molar-refractivity contribution in [3.63, 3.8) is 0 Å². The molecule has 4 aromatic rings. The van der Waals surface area contributed by atoms with Gasteiger partial charge in [0.15, 0.2) is 0 Å². The van der Waals surface area contributed by atoms with Crippen LogP contribution in [0.15, 0.2) is 66.7 Å². The number of halogens is 2. The quantitative estimate of drug-likeness (QED) is 0.286. The number of ether oxygens (including phenoxy) is 1. The van der Waals surface area contributed by atoms with Crippen molar-refractivity contribution in [1.29, 1.82) is 0 Å². The number of anilines is 1. The van der Waals surface area contributed by atoms with Crippen LogP contribution in [0.2, 0.25) is 10.0 Å². The second-order valence-corrected chi connectivity index (χ2v) is 8.61. The summed E-state index contributed by atoms with van der Waals surface area (Å²) in [5, 5.41) is 4.63. The van der Waals surface area contributed by atoms with Gasteiger partial charge in [0.1, 0.15) is 0 Å². The van der Waals surface area contributed by atoms with Crippen molar-refractivity contribution in [1.82, 2.24) is 4.98 Å². The standard InChI is InChI=1S/C27H22Cl2N2O3/c1-3-14-34-27(33)17-8-11-19(12-9-17)30-26(32)24-16(2)25(20-13-10-18(28)15-22(20)29)31-23-7-5-4-6-21(23)24/h4-13,15H,3,14H2,1-2H3,(H,30,32). The van der Waals surface area contributed by atoms with Crippen LogP contribution >= 0.6 is 23.2 Å². The largest absolute Gasteiger partial charge is 0.462 e. The summed E-state index contributed by atoms with van der Waals surface area (Å²) in [5.41, 5.74) is 4.16. The fourth-order valence-corrected chi connectivity index (χ4v) is 4.20. The molecular formula is C27H22Cl2N2O3. The van der Waals surface area contributed by atoms with E-state index in [1.807, 2.05) is 38.1 Å². The lowest BCUT2D eigenvalue weighted by molar-refractivity contribution is 0.0505. The van der Waals surface area contributed by atoms with Gasteiger partial charge in [-0.3, -0.25) is 4.79 Å². The molecule has 0 atom stereocenters. The number of esters is 1. The molecule has 1 N–H and O–H groups in total. The summed E-state index contributed by atoms with van der Waals surface area (Å²) in [6.45, 7) is 4.15. The van der Waals surface area contributed by atoms with Crippen LogP contribution < -0.4 is 5.32 Å². The molecule has 172 valence electrons. The number of aromatic nitrogens is 1. The molecular weight excluding hydrogens is 471 g/mol. The van der Waals surface area contributed by atoms with E-state index >= 15 is 0 Å². The molecule has 0 fully saturated rings. The summed E-state index contributed by atoms with van der Waals surface area (Å²) in [5.74, 6) is -0.677. The van der Waals surface area contributed by atoms with Crippen molar-refractivity contribution in [3.05, 3.63) is 93.5 Å². The lowest BCUT2D eigenvalue weighted by Crippen LogP contribution is -2.15. The van der Waals surface area contributed by atoms with E-state index in [2.05, 4.69) is 5.32 Å². The molecule has 0 bridgehead atoms. The molecule has 0 aliphatic carbocycles. The van der Waals surface area contributed by atoms with Crippen molar-refractivity contribution in [2.24, 2.45) is 0 Å². The first-order chi connectivity index (χ1) is 16.4. The first-order valence-corrected chi connectivity index (χ1v) is 11.6. The van der Waals surface area contributed by atoms with Crippen LogP contribution in [0.5, 0.6) is 0 Å². The summed E-state index contributed by atoms with van der Waals surface area (Å²) in [4.78, 5) is 30.3. The number of hydrogen-bond acceptors (Lipinski definition) is 4. The molecule has 0 spiro atoms. The van der Waals surface area contributed by atoms with Gasteiger partial charge in [0.05, 0.1) is 34.0 Å². The predicted molar refractivity (Wildman–Crippen MR) is 137 cm³/mol. The Hall–Kier alpha value is -3.41. The number of carbonyl (C=O) groups is 2. The van der Waals surface area contributed by atoms with Gasteiger partial charge >= 0.3 is 5.97 Å². The molecule has 0 unspecified atom stereocenters. The van der Waals surface area contributed by atoms with Gasteiger partial charge in [-0.25, -0.2) is 9.78 Å². The van der Waals surface area contributed by atoms with Crippen LogP contribution in [0.4, 0.5) is 5.69 Å². The molecule has 0 aliphatic heterocycles. The summed E-state index contributed by atoms with van der Waals surface area (Å²) in [7, 11) is 0. The zero-order valence-electron chi connectivity index (χ0n) is 18.7. The Balaban J connectivity index is 1.71. The normalized spacial score (nSPS) is 10.8. The average molecular weight is 493 g/mol. The molecule has 0 radical (unpaired) electrons. The molecule has 4 rings (SSSR count). The number of rotatable bonds is 6. The smallest absolute Gasteiger partial charge is 0.338 e. The van der Waals surface area contributed by atoms with Crippen LogP contribution in [0.1, 0.15) is 39.6 Å². The van der Waals surface area contributed by atoms with Crippen molar-refractivity contribution in [2.75, 3.05) is 11.9 Å². The number of nitrogens with one attached hydrogen (secondary N) is 1. The maximum absolute atomic E-state index is 13.4. The van der Waals surface area contributed by atoms with Crippen LogP contribution in [0.3, 0.4) is 0 Å². The number of carbonyl (C=O) groups excluding carboxylic acids is 2. The zero-order chi connectivity index (χ0) is 24.2. The van der Waals surface area contributed by atoms with Gasteiger partial charge in [-0.05, 0) is 67.4 Å². The molecule has 1 aromatic heterocycles. The Morgan fingerprint density at radius 1 is 1.00 bits per heavy atom. The molecule has 0 saturated heterocycles. The topological polar surface area (TPSA) is 68.3 Å². The van der Waals surface area contributed by atoms with Crippen LogP contribution in [0, 0.1) is 6.92 Å². The first kappa shape index (κ1) is 23.7. The Kier molecular flexibility index (Phi) is 7.15. The maximum Gasteiger partial charge on any atom is 0.338 e. The predicted octanol–water partition coefficient (Wildman–Crippen LogP) is 7.34. The third-order valence-electron chi connectivity index (χ3n) is 5.36. The van der Waals surface area contributed by atoms with Crippen LogP contribution in [0.25, 0.3) is 22.2 Å². The molecule has 7 heteroatoms. The van der Waals surface area contributed by atoms with Gasteiger partial charge in [0.25, 0.3) is 5.91 Å². The highest BCUT2D eigenvalue weighted by atomic mass is 35.5. The van der Waals surface area contributed by atoms with E-state index in [4.69, 9.17) is 32.9 Å². The minimum absolute atomic E-state index is 0.288. The molecule has 1 amide bonds. The number of fused-ring (bicyclic) bond motifs is 1. The number of para-hydroxylation sites is 1. The van der Waals surface area contributed by atoms with Gasteiger partial charge in [-0.1, -0.05) is 48.3 Å².